The quantitative estimate of drug-likeness (QED) is 0.926. The van der Waals surface area contributed by atoms with Gasteiger partial charge in [-0.05, 0) is 58.0 Å². The van der Waals surface area contributed by atoms with Crippen molar-refractivity contribution in [1.29, 1.82) is 0 Å². The van der Waals surface area contributed by atoms with Crippen LogP contribution in [0, 0.1) is 20.8 Å². The van der Waals surface area contributed by atoms with Crippen molar-refractivity contribution in [2.75, 3.05) is 33.2 Å². The number of benzene rings is 1. The Labute approximate surface area is 138 Å². The average Bonchev–Trinajstić information content (AvgIpc) is 2.67. The Balaban J connectivity index is 1.86. The van der Waals surface area contributed by atoms with Crippen molar-refractivity contribution < 1.29 is 4.79 Å². The molecule has 0 bridgehead atoms. The van der Waals surface area contributed by atoms with Gasteiger partial charge in [-0.1, -0.05) is 11.6 Å². The van der Waals surface area contributed by atoms with Crippen molar-refractivity contribution in [1.82, 2.24) is 14.8 Å². The van der Waals surface area contributed by atoms with Crippen molar-refractivity contribution in [3.05, 3.63) is 34.5 Å². The molecule has 1 aromatic heterocycles. The Kier molecular flexibility index (Phi) is 4.44. The number of H-pyrrole nitrogens is 1. The maximum atomic E-state index is 12.8. The minimum atomic E-state index is 0.253. The van der Waals surface area contributed by atoms with Crippen LogP contribution >= 0.6 is 0 Å². The molecule has 1 amide bonds. The van der Waals surface area contributed by atoms with Crippen molar-refractivity contribution >= 4 is 16.8 Å². The normalized spacial score (nSPS) is 16.8. The standard InChI is InChI=1S/C19H27N3O/c1-13-10-14(2)19-17(11-13)16(15(3)20-19)12-18(23)22-7-5-6-21(4)8-9-22/h10-11,20H,5-9,12H2,1-4H3. The lowest BCUT2D eigenvalue weighted by Gasteiger charge is -2.20. The van der Waals surface area contributed by atoms with Crippen LogP contribution in [-0.2, 0) is 11.2 Å². The number of nitrogens with zero attached hydrogens (tertiary/aromatic N) is 2. The minimum absolute atomic E-state index is 0.253. The van der Waals surface area contributed by atoms with E-state index in [2.05, 4.69) is 49.8 Å². The number of hydrogen-bond donors (Lipinski definition) is 1. The van der Waals surface area contributed by atoms with Crippen molar-refractivity contribution in [3.63, 3.8) is 0 Å². The first-order valence-electron chi connectivity index (χ1n) is 8.50. The van der Waals surface area contributed by atoms with E-state index in [9.17, 15) is 4.79 Å². The molecule has 0 atom stereocenters. The van der Waals surface area contributed by atoms with E-state index in [1.807, 2.05) is 4.90 Å². The predicted octanol–water partition coefficient (Wildman–Crippen LogP) is 2.80. The number of carbonyl (C=O) groups excluding carboxylic acids is 1. The minimum Gasteiger partial charge on any atom is -0.358 e. The number of amides is 1. The van der Waals surface area contributed by atoms with Crippen molar-refractivity contribution in [2.24, 2.45) is 0 Å². The van der Waals surface area contributed by atoms with Gasteiger partial charge in [0, 0.05) is 36.2 Å². The number of carbonyl (C=O) groups is 1. The summed E-state index contributed by atoms with van der Waals surface area (Å²) in [5, 5.41) is 1.21. The van der Waals surface area contributed by atoms with Crippen molar-refractivity contribution in [3.8, 4) is 0 Å². The van der Waals surface area contributed by atoms with E-state index >= 15 is 0 Å². The highest BCUT2D eigenvalue weighted by molar-refractivity contribution is 5.92. The van der Waals surface area contributed by atoms with Gasteiger partial charge in [0.15, 0.2) is 0 Å². The number of rotatable bonds is 2. The number of fused-ring (bicyclic) bond motifs is 1. The number of aryl methyl sites for hydroxylation is 3. The second kappa shape index (κ2) is 6.36. The van der Waals surface area contributed by atoms with E-state index in [4.69, 9.17) is 0 Å². The molecule has 0 unspecified atom stereocenters. The molecule has 3 rings (SSSR count). The highest BCUT2D eigenvalue weighted by atomic mass is 16.2. The molecule has 1 fully saturated rings. The zero-order valence-electron chi connectivity index (χ0n) is 14.7. The van der Waals surface area contributed by atoms with E-state index in [1.165, 1.54) is 22.0 Å². The predicted molar refractivity (Wildman–Crippen MR) is 94.9 cm³/mol. The summed E-state index contributed by atoms with van der Waals surface area (Å²) in [7, 11) is 2.13. The van der Waals surface area contributed by atoms with Gasteiger partial charge >= 0.3 is 0 Å². The molecule has 2 heterocycles. The Morgan fingerprint density at radius 1 is 1.13 bits per heavy atom. The fourth-order valence-electron chi connectivity index (χ4n) is 3.62. The summed E-state index contributed by atoms with van der Waals surface area (Å²) in [4.78, 5) is 20.6. The summed E-state index contributed by atoms with van der Waals surface area (Å²) in [6, 6.07) is 4.39. The van der Waals surface area contributed by atoms with Gasteiger partial charge in [0.05, 0.1) is 6.42 Å². The molecular weight excluding hydrogens is 286 g/mol. The zero-order chi connectivity index (χ0) is 16.6. The summed E-state index contributed by atoms with van der Waals surface area (Å²) in [5.74, 6) is 0.253. The van der Waals surface area contributed by atoms with Gasteiger partial charge in [-0.15, -0.1) is 0 Å². The maximum Gasteiger partial charge on any atom is 0.227 e. The van der Waals surface area contributed by atoms with Gasteiger partial charge in [0.1, 0.15) is 0 Å². The Hall–Kier alpha value is -1.81. The second-order valence-electron chi connectivity index (χ2n) is 6.95. The van der Waals surface area contributed by atoms with Crippen LogP contribution in [0.5, 0.6) is 0 Å². The molecule has 1 aliphatic rings. The fourth-order valence-corrected chi connectivity index (χ4v) is 3.62. The number of likely N-dealkylation sites (N-methyl/N-ethyl adjacent to an activating group) is 1. The SMILES string of the molecule is Cc1cc(C)c2[nH]c(C)c(CC(=O)N3CCCN(C)CC3)c2c1. The molecule has 23 heavy (non-hydrogen) atoms. The molecule has 4 nitrogen and oxygen atoms in total. The van der Waals surface area contributed by atoms with Gasteiger partial charge in [-0.2, -0.15) is 0 Å². The Morgan fingerprint density at radius 3 is 2.70 bits per heavy atom. The number of nitrogens with one attached hydrogen (secondary N) is 1. The number of hydrogen-bond acceptors (Lipinski definition) is 2. The van der Waals surface area contributed by atoms with Crippen LogP contribution < -0.4 is 0 Å². The van der Waals surface area contributed by atoms with Gasteiger partial charge in [-0.3, -0.25) is 4.79 Å². The zero-order valence-corrected chi connectivity index (χ0v) is 14.7. The van der Waals surface area contributed by atoms with Crippen LogP contribution in [0.3, 0.4) is 0 Å². The molecule has 0 radical (unpaired) electrons. The van der Waals surface area contributed by atoms with Crippen LogP contribution in [0.2, 0.25) is 0 Å². The molecule has 0 spiro atoms. The fraction of sp³-hybridized carbons (Fsp3) is 0.526. The van der Waals surface area contributed by atoms with Gasteiger partial charge in [0.25, 0.3) is 0 Å². The third kappa shape index (κ3) is 3.27. The molecule has 0 aliphatic carbocycles. The molecular formula is C19H27N3O. The summed E-state index contributed by atoms with van der Waals surface area (Å²) < 4.78 is 0. The largest absolute Gasteiger partial charge is 0.358 e. The smallest absolute Gasteiger partial charge is 0.227 e. The lowest BCUT2D eigenvalue weighted by Crippen LogP contribution is -2.35. The highest BCUT2D eigenvalue weighted by Crippen LogP contribution is 2.27. The molecule has 2 aromatic rings. The van der Waals surface area contributed by atoms with E-state index < -0.39 is 0 Å². The number of aromatic nitrogens is 1. The first-order chi connectivity index (χ1) is 11.0. The second-order valence-corrected chi connectivity index (χ2v) is 6.95. The van der Waals surface area contributed by atoms with Gasteiger partial charge < -0.3 is 14.8 Å². The van der Waals surface area contributed by atoms with E-state index in [1.54, 1.807) is 0 Å². The highest BCUT2D eigenvalue weighted by Gasteiger charge is 2.20. The van der Waals surface area contributed by atoms with Crippen LogP contribution in [0.4, 0.5) is 0 Å². The van der Waals surface area contributed by atoms with Crippen molar-refractivity contribution in [2.45, 2.75) is 33.6 Å². The summed E-state index contributed by atoms with van der Waals surface area (Å²) in [6.07, 6.45) is 1.56. The van der Waals surface area contributed by atoms with Crippen LogP contribution in [-0.4, -0.2) is 53.9 Å². The lowest BCUT2D eigenvalue weighted by atomic mass is 10.0. The van der Waals surface area contributed by atoms with Gasteiger partial charge in [0.2, 0.25) is 5.91 Å². The third-order valence-corrected chi connectivity index (χ3v) is 4.97. The molecule has 0 saturated carbocycles. The molecule has 1 saturated heterocycles. The molecule has 1 aromatic carbocycles. The molecule has 4 heteroatoms. The number of aromatic amines is 1. The molecule has 124 valence electrons. The van der Waals surface area contributed by atoms with Crippen LogP contribution in [0.15, 0.2) is 12.1 Å². The van der Waals surface area contributed by atoms with Crippen LogP contribution in [0.1, 0.15) is 28.8 Å². The lowest BCUT2D eigenvalue weighted by molar-refractivity contribution is -0.130. The maximum absolute atomic E-state index is 12.8. The molecule has 1 N–H and O–H groups in total. The summed E-state index contributed by atoms with van der Waals surface area (Å²) >= 11 is 0. The molecule has 1 aliphatic heterocycles. The first-order valence-corrected chi connectivity index (χ1v) is 8.50. The first kappa shape index (κ1) is 16.1. The monoisotopic (exact) mass is 313 g/mol. The summed E-state index contributed by atoms with van der Waals surface area (Å²) in [6.45, 7) is 10.1. The van der Waals surface area contributed by atoms with E-state index in [0.29, 0.717) is 6.42 Å². The van der Waals surface area contributed by atoms with Gasteiger partial charge in [-0.25, -0.2) is 0 Å². The van der Waals surface area contributed by atoms with Crippen LogP contribution in [0.25, 0.3) is 10.9 Å². The Morgan fingerprint density at radius 2 is 1.91 bits per heavy atom. The average molecular weight is 313 g/mol. The van der Waals surface area contributed by atoms with E-state index in [-0.39, 0.29) is 5.91 Å². The topological polar surface area (TPSA) is 39.3 Å². The van der Waals surface area contributed by atoms with E-state index in [0.717, 1.165) is 43.9 Å². The third-order valence-electron chi connectivity index (χ3n) is 4.97. The Bertz CT molecular complexity index is 732. The summed E-state index contributed by atoms with van der Waals surface area (Å²) in [5.41, 5.74) is 5.95.